The summed E-state index contributed by atoms with van der Waals surface area (Å²) in [4.78, 5) is 15.0. The van der Waals surface area contributed by atoms with Crippen LogP contribution in [0.3, 0.4) is 0 Å². The number of carbonyl (C=O) groups is 1. The van der Waals surface area contributed by atoms with Gasteiger partial charge in [0.1, 0.15) is 18.0 Å². The fourth-order valence-electron chi connectivity index (χ4n) is 4.83. The molecule has 194 valence electrons. The summed E-state index contributed by atoms with van der Waals surface area (Å²) in [5.74, 6) is -0.386. The highest BCUT2D eigenvalue weighted by Gasteiger charge is 2.42. The van der Waals surface area contributed by atoms with E-state index in [0.717, 1.165) is 11.1 Å². The molecule has 1 aliphatic heterocycles. The van der Waals surface area contributed by atoms with Gasteiger partial charge in [0, 0.05) is 6.54 Å². The molecule has 0 saturated carbocycles. The van der Waals surface area contributed by atoms with Crippen LogP contribution in [0.2, 0.25) is 0 Å². The number of oxime groups is 1. The van der Waals surface area contributed by atoms with Crippen LogP contribution in [0.25, 0.3) is 0 Å². The molecule has 1 fully saturated rings. The molecule has 2 amide bonds. The van der Waals surface area contributed by atoms with Crippen LogP contribution in [0.1, 0.15) is 29.5 Å². The number of carbonyl (C=O) groups excluding carboxylic acids is 1. The van der Waals surface area contributed by atoms with E-state index in [1.165, 1.54) is 24.3 Å². The predicted octanol–water partition coefficient (Wildman–Crippen LogP) is 3.75. The molecule has 0 aromatic heterocycles. The van der Waals surface area contributed by atoms with E-state index in [-0.39, 0.29) is 18.4 Å². The molecule has 0 radical (unpaired) electrons. The summed E-state index contributed by atoms with van der Waals surface area (Å²) in [5.41, 5.74) is 2.83. The maximum absolute atomic E-state index is 13.4. The third-order valence-electron chi connectivity index (χ3n) is 6.82. The molecule has 4 N–H and O–H groups in total. The molecule has 4 atom stereocenters. The summed E-state index contributed by atoms with van der Waals surface area (Å²) >= 11 is 0. The van der Waals surface area contributed by atoms with Crippen molar-refractivity contribution in [1.82, 2.24) is 10.2 Å². The average Bonchev–Trinajstić information content (AvgIpc) is 2.99. The average molecular weight is 506 g/mol. The van der Waals surface area contributed by atoms with Crippen molar-refractivity contribution in [3.05, 3.63) is 107 Å². The Balaban J connectivity index is 1.53. The van der Waals surface area contributed by atoms with Crippen molar-refractivity contribution in [2.24, 2.45) is 5.16 Å². The molecule has 37 heavy (non-hydrogen) atoms. The van der Waals surface area contributed by atoms with Crippen molar-refractivity contribution in [2.75, 3.05) is 6.54 Å². The maximum Gasteiger partial charge on any atom is 0.318 e. The summed E-state index contributed by atoms with van der Waals surface area (Å²) in [6.07, 6.45) is -0.850. The van der Waals surface area contributed by atoms with E-state index in [2.05, 4.69) is 10.5 Å². The first-order valence-electron chi connectivity index (χ1n) is 12.4. The first kappa shape index (κ1) is 26.3. The van der Waals surface area contributed by atoms with Crippen molar-refractivity contribution < 1.29 is 24.6 Å². The molecule has 0 unspecified atom stereocenters. The second kappa shape index (κ2) is 12.5. The number of urea groups is 1. The molecule has 3 aromatic carbocycles. The molecular weight excluding hydrogens is 473 g/mol. The second-order valence-electron chi connectivity index (χ2n) is 9.33. The van der Waals surface area contributed by atoms with E-state index in [4.69, 9.17) is 0 Å². The molecule has 8 heteroatoms. The van der Waals surface area contributed by atoms with Crippen molar-refractivity contribution in [3.63, 3.8) is 0 Å². The number of hydrogen-bond donors (Lipinski definition) is 4. The third-order valence-corrected chi connectivity index (χ3v) is 6.82. The quantitative estimate of drug-likeness (QED) is 0.202. The highest BCUT2D eigenvalue weighted by atomic mass is 19.1. The predicted molar refractivity (Wildman–Crippen MR) is 139 cm³/mol. The minimum absolute atomic E-state index is 0.255. The molecule has 4 rings (SSSR count). The number of aliphatic hydroxyl groups excluding tert-OH is 2. The lowest BCUT2D eigenvalue weighted by Gasteiger charge is -2.33. The van der Waals surface area contributed by atoms with E-state index < -0.39 is 24.3 Å². The largest absolute Gasteiger partial charge is 0.411 e. The van der Waals surface area contributed by atoms with Crippen LogP contribution in [0, 0.1) is 5.82 Å². The van der Waals surface area contributed by atoms with E-state index in [1.54, 1.807) is 4.90 Å². The molecule has 7 nitrogen and oxygen atoms in total. The smallest absolute Gasteiger partial charge is 0.318 e. The minimum atomic E-state index is -1.18. The molecule has 1 heterocycles. The van der Waals surface area contributed by atoms with Crippen LogP contribution in [0.4, 0.5) is 9.18 Å². The van der Waals surface area contributed by atoms with Crippen LogP contribution < -0.4 is 5.32 Å². The van der Waals surface area contributed by atoms with E-state index in [1.807, 2.05) is 60.7 Å². The molecule has 3 aromatic rings. The van der Waals surface area contributed by atoms with Gasteiger partial charge in [-0.25, -0.2) is 9.18 Å². The third kappa shape index (κ3) is 6.72. The lowest BCUT2D eigenvalue weighted by atomic mass is 9.91. The normalized spacial score (nSPS) is 22.4. The van der Waals surface area contributed by atoms with Crippen molar-refractivity contribution in [3.8, 4) is 0 Å². The second-order valence-corrected chi connectivity index (χ2v) is 9.33. The molecule has 0 bridgehead atoms. The number of aliphatic hydroxyl groups is 2. The lowest BCUT2D eigenvalue weighted by molar-refractivity contribution is -0.0295. The molecule has 0 aliphatic carbocycles. The summed E-state index contributed by atoms with van der Waals surface area (Å²) in [6.45, 7) is 0.255. The standard InChI is InChI=1S/C29H32FN3O4/c30-23-15-13-22(14-16-23)24(32-37)12-7-17-33-26(19-21-10-5-2-6-11-21)28(35)27(34)25(31-29(33)36)18-20-8-3-1-4-9-20/h1-6,8-11,13-16,25-28,34-35,37H,7,12,17-19H2,(H,31,36)/t25-,26-,27+,28+/m0/s1. The number of hydrogen-bond acceptors (Lipinski definition) is 5. The summed E-state index contributed by atoms with van der Waals surface area (Å²) in [5, 5.41) is 38.2. The van der Waals surface area contributed by atoms with E-state index >= 15 is 0 Å². The molecular formula is C29H32FN3O4. The van der Waals surface area contributed by atoms with Crippen LogP contribution in [-0.2, 0) is 12.8 Å². The molecule has 0 spiro atoms. The van der Waals surface area contributed by atoms with Gasteiger partial charge in [0.05, 0.1) is 17.8 Å². The Morgan fingerprint density at radius 2 is 1.46 bits per heavy atom. The Kier molecular flexibility index (Phi) is 8.87. The van der Waals surface area contributed by atoms with Crippen molar-refractivity contribution in [2.45, 2.75) is 50.0 Å². The number of nitrogens with one attached hydrogen (secondary N) is 1. The van der Waals surface area contributed by atoms with Gasteiger partial charge in [0.15, 0.2) is 0 Å². The van der Waals surface area contributed by atoms with Gasteiger partial charge in [-0.05, 0) is 54.5 Å². The summed E-state index contributed by atoms with van der Waals surface area (Å²) in [6, 6.07) is 23.0. The van der Waals surface area contributed by atoms with Gasteiger partial charge in [-0.2, -0.15) is 0 Å². The first-order chi connectivity index (χ1) is 18.0. The number of amides is 2. The topological polar surface area (TPSA) is 105 Å². The van der Waals surface area contributed by atoms with Crippen LogP contribution in [-0.4, -0.2) is 62.9 Å². The Bertz CT molecular complexity index is 1170. The van der Waals surface area contributed by atoms with Gasteiger partial charge in [0.25, 0.3) is 0 Å². The SMILES string of the molecule is O=C1N[C@@H](Cc2ccccc2)[C@@H](O)[C@H](O)[C@H](Cc2ccccc2)N1CCCC(=NO)c1ccc(F)cc1. The van der Waals surface area contributed by atoms with Gasteiger partial charge >= 0.3 is 6.03 Å². The number of benzene rings is 3. The fourth-order valence-corrected chi connectivity index (χ4v) is 4.83. The Labute approximate surface area is 215 Å². The Morgan fingerprint density at radius 1 is 0.865 bits per heavy atom. The van der Waals surface area contributed by atoms with Crippen LogP contribution in [0.5, 0.6) is 0 Å². The highest BCUT2D eigenvalue weighted by Crippen LogP contribution is 2.23. The molecule has 1 aliphatic rings. The van der Waals surface area contributed by atoms with Crippen LogP contribution >= 0.6 is 0 Å². The van der Waals surface area contributed by atoms with Gasteiger partial charge < -0.3 is 25.6 Å². The zero-order chi connectivity index (χ0) is 26.2. The Morgan fingerprint density at radius 3 is 2.05 bits per heavy atom. The summed E-state index contributed by atoms with van der Waals surface area (Å²) < 4.78 is 13.3. The first-order valence-corrected chi connectivity index (χ1v) is 12.4. The minimum Gasteiger partial charge on any atom is -0.411 e. The maximum atomic E-state index is 13.4. The highest BCUT2D eigenvalue weighted by molar-refractivity contribution is 6.00. The zero-order valence-electron chi connectivity index (χ0n) is 20.5. The van der Waals surface area contributed by atoms with Gasteiger partial charge in [-0.1, -0.05) is 78.0 Å². The van der Waals surface area contributed by atoms with Crippen molar-refractivity contribution in [1.29, 1.82) is 0 Å². The van der Waals surface area contributed by atoms with Crippen LogP contribution in [0.15, 0.2) is 90.1 Å². The molecule has 1 saturated heterocycles. The number of rotatable bonds is 9. The summed E-state index contributed by atoms with van der Waals surface area (Å²) in [7, 11) is 0. The van der Waals surface area contributed by atoms with Gasteiger partial charge in [-0.15, -0.1) is 0 Å². The van der Waals surface area contributed by atoms with Gasteiger partial charge in [-0.3, -0.25) is 0 Å². The van der Waals surface area contributed by atoms with E-state index in [9.17, 15) is 24.6 Å². The van der Waals surface area contributed by atoms with Gasteiger partial charge in [0.2, 0.25) is 0 Å². The number of nitrogens with zero attached hydrogens (tertiary/aromatic N) is 2. The van der Waals surface area contributed by atoms with E-state index in [0.29, 0.717) is 37.0 Å². The fraction of sp³-hybridized carbons (Fsp3) is 0.310. The lowest BCUT2D eigenvalue weighted by Crippen LogP contribution is -2.51. The Hall–Kier alpha value is -3.75. The van der Waals surface area contributed by atoms with Crippen molar-refractivity contribution >= 4 is 11.7 Å². The zero-order valence-corrected chi connectivity index (χ0v) is 20.5. The number of halogens is 1. The monoisotopic (exact) mass is 505 g/mol.